The molecule has 0 aliphatic heterocycles. The largest absolute Gasteiger partial charge is 0.339 e. The monoisotopic (exact) mass is 410 g/mol. The molecule has 9 heteroatoms. The molecule has 0 bridgehead atoms. The van der Waals surface area contributed by atoms with Crippen molar-refractivity contribution in [3.8, 4) is 11.3 Å². The number of hydrogen-bond donors (Lipinski definition) is 1. The van der Waals surface area contributed by atoms with Gasteiger partial charge in [-0.2, -0.15) is 4.98 Å². The van der Waals surface area contributed by atoms with Crippen LogP contribution in [0.3, 0.4) is 0 Å². The number of nitrogens with one attached hydrogen (secondary N) is 1. The van der Waals surface area contributed by atoms with Gasteiger partial charge in [0, 0.05) is 34.7 Å². The predicted octanol–water partition coefficient (Wildman–Crippen LogP) is 5.19. The first kappa shape index (κ1) is 18.8. The average Bonchev–Trinajstić information content (AvgIpc) is 3.22. The first-order chi connectivity index (χ1) is 12.4. The summed E-state index contributed by atoms with van der Waals surface area (Å²) >= 11 is 13.4. The third-order valence-corrected chi connectivity index (χ3v) is 4.83. The van der Waals surface area contributed by atoms with E-state index in [2.05, 4.69) is 20.4 Å². The molecule has 1 amide bonds. The van der Waals surface area contributed by atoms with E-state index in [0.29, 0.717) is 39.0 Å². The number of rotatable bonds is 6. The molecule has 26 heavy (non-hydrogen) atoms. The van der Waals surface area contributed by atoms with Crippen LogP contribution in [-0.4, -0.2) is 21.0 Å². The Morgan fingerprint density at radius 2 is 2.12 bits per heavy atom. The van der Waals surface area contributed by atoms with Crippen LogP contribution in [0.4, 0.5) is 5.13 Å². The molecule has 0 unspecified atom stereocenters. The number of carbonyl (C=O) groups is 1. The minimum Gasteiger partial charge on any atom is -0.339 e. The van der Waals surface area contributed by atoms with Crippen molar-refractivity contribution in [2.75, 3.05) is 5.32 Å². The molecule has 2 aromatic heterocycles. The molecule has 6 nitrogen and oxygen atoms in total. The van der Waals surface area contributed by atoms with Crippen LogP contribution in [-0.2, 0) is 11.2 Å². The van der Waals surface area contributed by atoms with E-state index in [1.807, 2.05) is 19.2 Å². The minimum atomic E-state index is -0.169. The van der Waals surface area contributed by atoms with Crippen LogP contribution in [0, 0.1) is 0 Å². The minimum absolute atomic E-state index is 0.169. The molecule has 0 aliphatic rings. The number of halogens is 2. The summed E-state index contributed by atoms with van der Waals surface area (Å²) in [5.41, 5.74) is 1.45. The lowest BCUT2D eigenvalue weighted by atomic mass is 10.2. The Bertz CT molecular complexity index is 923. The number of aryl methyl sites for hydroxylation is 1. The van der Waals surface area contributed by atoms with Crippen LogP contribution >= 0.6 is 34.5 Å². The Balaban J connectivity index is 1.58. The zero-order chi connectivity index (χ0) is 18.7. The van der Waals surface area contributed by atoms with E-state index in [0.717, 1.165) is 5.56 Å². The number of anilines is 1. The second-order valence-corrected chi connectivity index (χ2v) is 7.61. The molecule has 0 aliphatic carbocycles. The standard InChI is InChI=1S/C17H16Cl2N4O2S/c1-9(2)16-22-15(25-23-16)6-5-14(24)21-17-20-13(8-26-17)11-4-3-10(18)7-12(11)19/h3-4,7-9H,5-6H2,1-2H3,(H,20,21,24). The summed E-state index contributed by atoms with van der Waals surface area (Å²) < 4.78 is 5.13. The summed E-state index contributed by atoms with van der Waals surface area (Å²) in [4.78, 5) is 20.8. The molecule has 0 fully saturated rings. The molecule has 3 rings (SSSR count). The van der Waals surface area contributed by atoms with Crippen molar-refractivity contribution in [1.82, 2.24) is 15.1 Å². The van der Waals surface area contributed by atoms with E-state index in [1.165, 1.54) is 11.3 Å². The zero-order valence-electron chi connectivity index (χ0n) is 14.1. The molecule has 2 heterocycles. The Hall–Kier alpha value is -1.96. The number of hydrogen-bond acceptors (Lipinski definition) is 6. The van der Waals surface area contributed by atoms with E-state index >= 15 is 0 Å². The van der Waals surface area contributed by atoms with Crippen molar-refractivity contribution in [3.05, 3.63) is 45.3 Å². The third kappa shape index (κ3) is 4.60. The third-order valence-electron chi connectivity index (χ3n) is 3.52. The van der Waals surface area contributed by atoms with Crippen molar-refractivity contribution in [3.63, 3.8) is 0 Å². The fraction of sp³-hybridized carbons (Fsp3) is 0.294. The van der Waals surface area contributed by atoms with Crippen LogP contribution in [0.5, 0.6) is 0 Å². The highest BCUT2D eigenvalue weighted by Gasteiger charge is 2.13. The van der Waals surface area contributed by atoms with Crippen LogP contribution in [0.2, 0.25) is 10.0 Å². The van der Waals surface area contributed by atoms with Gasteiger partial charge in [0.05, 0.1) is 10.7 Å². The van der Waals surface area contributed by atoms with Crippen molar-refractivity contribution < 1.29 is 9.32 Å². The molecule has 0 spiro atoms. The van der Waals surface area contributed by atoms with E-state index in [4.69, 9.17) is 27.7 Å². The highest BCUT2D eigenvalue weighted by molar-refractivity contribution is 7.14. The summed E-state index contributed by atoms with van der Waals surface area (Å²) in [7, 11) is 0. The van der Waals surface area contributed by atoms with Gasteiger partial charge in [0.2, 0.25) is 11.8 Å². The quantitative estimate of drug-likeness (QED) is 0.603. The molecular formula is C17H16Cl2N4O2S. The average molecular weight is 411 g/mol. The number of carbonyl (C=O) groups excluding carboxylic acids is 1. The summed E-state index contributed by atoms with van der Waals surface area (Å²) in [6, 6.07) is 5.20. The first-order valence-electron chi connectivity index (χ1n) is 7.95. The fourth-order valence-electron chi connectivity index (χ4n) is 2.16. The lowest BCUT2D eigenvalue weighted by Crippen LogP contribution is -2.12. The number of aromatic nitrogens is 3. The maximum atomic E-state index is 12.1. The molecule has 1 aromatic carbocycles. The normalized spacial score (nSPS) is 11.1. The topological polar surface area (TPSA) is 80.9 Å². The van der Waals surface area contributed by atoms with Crippen molar-refractivity contribution in [1.29, 1.82) is 0 Å². The van der Waals surface area contributed by atoms with Crippen molar-refractivity contribution >= 4 is 45.6 Å². The van der Waals surface area contributed by atoms with Gasteiger partial charge in [-0.15, -0.1) is 11.3 Å². The van der Waals surface area contributed by atoms with Crippen molar-refractivity contribution in [2.24, 2.45) is 0 Å². The summed E-state index contributed by atoms with van der Waals surface area (Å²) in [5, 5.41) is 10.1. The van der Waals surface area contributed by atoms with E-state index in [9.17, 15) is 4.79 Å². The molecular weight excluding hydrogens is 395 g/mol. The van der Waals surface area contributed by atoms with Gasteiger partial charge in [0.25, 0.3) is 0 Å². The van der Waals surface area contributed by atoms with Gasteiger partial charge >= 0.3 is 0 Å². The molecule has 0 saturated heterocycles. The lowest BCUT2D eigenvalue weighted by molar-refractivity contribution is -0.116. The van der Waals surface area contributed by atoms with Crippen LogP contribution in [0.1, 0.15) is 37.9 Å². The lowest BCUT2D eigenvalue weighted by Gasteiger charge is -2.01. The van der Waals surface area contributed by atoms with Gasteiger partial charge in [-0.25, -0.2) is 4.98 Å². The Morgan fingerprint density at radius 1 is 1.31 bits per heavy atom. The van der Waals surface area contributed by atoms with E-state index in [1.54, 1.807) is 18.2 Å². The highest BCUT2D eigenvalue weighted by atomic mass is 35.5. The van der Waals surface area contributed by atoms with Gasteiger partial charge in [-0.1, -0.05) is 42.2 Å². The second-order valence-electron chi connectivity index (χ2n) is 5.91. The van der Waals surface area contributed by atoms with Gasteiger partial charge in [0.15, 0.2) is 11.0 Å². The Morgan fingerprint density at radius 3 is 2.81 bits per heavy atom. The first-order valence-corrected chi connectivity index (χ1v) is 9.59. The fourth-order valence-corrected chi connectivity index (χ4v) is 3.39. The van der Waals surface area contributed by atoms with Gasteiger partial charge < -0.3 is 9.84 Å². The number of amides is 1. The van der Waals surface area contributed by atoms with E-state index in [-0.39, 0.29) is 18.2 Å². The molecule has 0 radical (unpaired) electrons. The van der Waals surface area contributed by atoms with Gasteiger partial charge in [-0.05, 0) is 18.2 Å². The molecule has 3 aromatic rings. The molecule has 1 N–H and O–H groups in total. The van der Waals surface area contributed by atoms with Crippen LogP contribution in [0.15, 0.2) is 28.1 Å². The SMILES string of the molecule is CC(C)c1noc(CCC(=O)Nc2nc(-c3ccc(Cl)cc3Cl)cs2)n1. The number of thiazole rings is 1. The smallest absolute Gasteiger partial charge is 0.227 e. The number of nitrogens with zero attached hydrogens (tertiary/aromatic N) is 3. The highest BCUT2D eigenvalue weighted by Crippen LogP contribution is 2.32. The maximum absolute atomic E-state index is 12.1. The molecule has 136 valence electrons. The van der Waals surface area contributed by atoms with Crippen LogP contribution in [0.25, 0.3) is 11.3 Å². The van der Waals surface area contributed by atoms with Crippen molar-refractivity contribution in [2.45, 2.75) is 32.6 Å². The zero-order valence-corrected chi connectivity index (χ0v) is 16.5. The summed E-state index contributed by atoms with van der Waals surface area (Å²) in [5.74, 6) is 1.12. The Kier molecular flexibility index (Phi) is 5.90. The number of benzene rings is 1. The second kappa shape index (κ2) is 8.16. The predicted molar refractivity (Wildman–Crippen MR) is 103 cm³/mol. The Labute approximate surface area is 164 Å². The van der Waals surface area contributed by atoms with E-state index < -0.39 is 0 Å². The van der Waals surface area contributed by atoms with Crippen LogP contribution < -0.4 is 5.32 Å². The van der Waals surface area contributed by atoms with Gasteiger partial charge in [-0.3, -0.25) is 4.79 Å². The summed E-state index contributed by atoms with van der Waals surface area (Å²) in [6.07, 6.45) is 0.614. The molecule has 0 saturated carbocycles. The summed E-state index contributed by atoms with van der Waals surface area (Å²) in [6.45, 7) is 3.96. The van der Waals surface area contributed by atoms with Gasteiger partial charge in [0.1, 0.15) is 0 Å². The molecule has 0 atom stereocenters. The maximum Gasteiger partial charge on any atom is 0.227 e.